The Kier molecular flexibility index (Phi) is 20.2. The molecule has 36 heavy (non-hydrogen) atoms. The van der Waals surface area contributed by atoms with Crippen molar-refractivity contribution in [2.75, 3.05) is 13.2 Å². The number of ether oxygens (including phenoxy) is 2. The summed E-state index contributed by atoms with van der Waals surface area (Å²) in [6, 6.07) is 0. The summed E-state index contributed by atoms with van der Waals surface area (Å²) in [6.07, 6.45) is 16.0. The summed E-state index contributed by atoms with van der Waals surface area (Å²) in [5.74, 6) is -1.37. The molecular formula is C25H43O10P. The van der Waals surface area contributed by atoms with Crippen molar-refractivity contribution in [3.8, 4) is 0 Å². The number of esters is 2. The van der Waals surface area contributed by atoms with E-state index in [1.165, 1.54) is 19.3 Å². The number of phosphoric acid groups is 1. The zero-order valence-corrected chi connectivity index (χ0v) is 22.3. The van der Waals surface area contributed by atoms with E-state index in [1.54, 1.807) is 6.08 Å². The molecule has 208 valence electrons. The molecule has 0 saturated heterocycles. The first-order valence-electron chi connectivity index (χ1n) is 12.4. The molecule has 3 atom stereocenters. The van der Waals surface area contributed by atoms with Crippen LogP contribution in [0.1, 0.15) is 78.1 Å². The molecule has 2 unspecified atom stereocenters. The molecule has 10 nitrogen and oxygen atoms in total. The molecule has 0 heterocycles. The molecule has 0 aromatic carbocycles. The Hall–Kier alpha value is -1.81. The highest BCUT2D eigenvalue weighted by Crippen LogP contribution is 2.35. The van der Waals surface area contributed by atoms with Crippen LogP contribution in [0.5, 0.6) is 0 Å². The summed E-state index contributed by atoms with van der Waals surface area (Å²) >= 11 is 0. The van der Waals surface area contributed by atoms with E-state index in [4.69, 9.17) is 19.3 Å². The number of hydrogen-bond acceptors (Lipinski definition) is 8. The minimum absolute atomic E-state index is 0.107. The van der Waals surface area contributed by atoms with E-state index in [0.717, 1.165) is 26.2 Å². The maximum absolute atomic E-state index is 12.0. The summed E-state index contributed by atoms with van der Waals surface area (Å²) in [5.41, 5.74) is 0. The maximum Gasteiger partial charge on any atom is 0.469 e. The van der Waals surface area contributed by atoms with Gasteiger partial charge in [-0.1, -0.05) is 56.2 Å². The van der Waals surface area contributed by atoms with Gasteiger partial charge in [-0.05, 0) is 44.9 Å². The van der Waals surface area contributed by atoms with Crippen LogP contribution in [-0.4, -0.2) is 63.5 Å². The number of aliphatic hydroxyl groups excluding tert-OH is 2. The lowest BCUT2D eigenvalue weighted by Gasteiger charge is -2.19. The number of aliphatic hydroxyl groups is 2. The van der Waals surface area contributed by atoms with Crippen molar-refractivity contribution in [1.29, 1.82) is 0 Å². The normalized spacial score (nSPS) is 14.9. The molecule has 0 fully saturated rings. The monoisotopic (exact) mass is 534 g/mol. The maximum atomic E-state index is 12.0. The molecule has 11 heteroatoms. The van der Waals surface area contributed by atoms with Crippen LogP contribution in [0.2, 0.25) is 0 Å². The van der Waals surface area contributed by atoms with E-state index in [-0.39, 0.29) is 25.7 Å². The van der Waals surface area contributed by atoms with Crippen LogP contribution >= 0.6 is 7.82 Å². The smallest absolute Gasteiger partial charge is 0.462 e. The van der Waals surface area contributed by atoms with Gasteiger partial charge in [0, 0.05) is 13.3 Å². The van der Waals surface area contributed by atoms with Crippen LogP contribution in [0.4, 0.5) is 0 Å². The third kappa shape index (κ3) is 22.6. The predicted molar refractivity (Wildman–Crippen MR) is 136 cm³/mol. The lowest BCUT2D eigenvalue weighted by molar-refractivity contribution is -0.160. The van der Waals surface area contributed by atoms with Gasteiger partial charge in [-0.3, -0.25) is 14.1 Å². The van der Waals surface area contributed by atoms with Gasteiger partial charge in [-0.15, -0.1) is 0 Å². The second-order valence-corrected chi connectivity index (χ2v) is 9.58. The number of hydrogen-bond donors (Lipinski definition) is 4. The highest BCUT2D eigenvalue weighted by Gasteiger charge is 2.23. The standard InChI is InChI=1S/C25H43O10P/c1-3-4-5-6-7-8-9-10-11-12-13-14-16-23(27)24(28)17-15-18-25(29)35-22(19-33-21(2)26)20-34-36(30,31)32/h7-8,10-11,13-14,22-24,27-28H,3-6,9,12,15-20H2,1-2H3,(H2,30,31,32)/b8-7-,11-10-,14-13-/t22-,23?,24?/m1/s1. The van der Waals surface area contributed by atoms with Gasteiger partial charge in [-0.25, -0.2) is 4.57 Å². The third-order valence-corrected chi connectivity index (χ3v) is 5.41. The molecule has 0 aromatic heterocycles. The van der Waals surface area contributed by atoms with Crippen LogP contribution in [0.25, 0.3) is 0 Å². The van der Waals surface area contributed by atoms with Crippen LogP contribution in [-0.2, 0) is 28.2 Å². The van der Waals surface area contributed by atoms with E-state index in [0.29, 0.717) is 0 Å². The van der Waals surface area contributed by atoms with Crippen LogP contribution in [0.3, 0.4) is 0 Å². The summed E-state index contributed by atoms with van der Waals surface area (Å²) in [7, 11) is -4.79. The van der Waals surface area contributed by atoms with Gasteiger partial charge in [-0.2, -0.15) is 0 Å². The predicted octanol–water partition coefficient (Wildman–Crippen LogP) is 3.88. The quantitative estimate of drug-likeness (QED) is 0.0736. The van der Waals surface area contributed by atoms with Gasteiger partial charge in [0.1, 0.15) is 6.61 Å². The summed E-state index contributed by atoms with van der Waals surface area (Å²) in [6.45, 7) is 2.25. The molecule has 0 aliphatic heterocycles. The molecule has 0 aromatic rings. The van der Waals surface area contributed by atoms with Crippen LogP contribution < -0.4 is 0 Å². The van der Waals surface area contributed by atoms with Crippen LogP contribution in [0, 0.1) is 0 Å². The zero-order chi connectivity index (χ0) is 27.2. The zero-order valence-electron chi connectivity index (χ0n) is 21.4. The van der Waals surface area contributed by atoms with Gasteiger partial charge in [0.2, 0.25) is 0 Å². The molecule has 0 aliphatic carbocycles. The Bertz CT molecular complexity index is 728. The lowest BCUT2D eigenvalue weighted by Crippen LogP contribution is -2.29. The summed E-state index contributed by atoms with van der Waals surface area (Å²) in [4.78, 5) is 40.5. The fourth-order valence-electron chi connectivity index (χ4n) is 2.96. The van der Waals surface area contributed by atoms with Crippen molar-refractivity contribution in [2.45, 2.75) is 96.4 Å². The van der Waals surface area contributed by atoms with E-state index in [2.05, 4.69) is 29.7 Å². The van der Waals surface area contributed by atoms with Gasteiger partial charge in [0.05, 0.1) is 18.8 Å². The van der Waals surface area contributed by atoms with Crippen LogP contribution in [0.15, 0.2) is 36.5 Å². The first-order valence-corrected chi connectivity index (χ1v) is 13.9. The van der Waals surface area contributed by atoms with Crippen molar-refractivity contribution >= 4 is 19.8 Å². The Morgan fingerprint density at radius 2 is 1.53 bits per heavy atom. The SMILES string of the molecule is CCCCC/C=C\C/C=C\C/C=C\CC(O)C(O)CCCC(=O)O[C@H](COC(C)=O)COP(=O)(O)O. The number of phosphoric ester groups is 1. The first kappa shape index (κ1) is 34.2. The highest BCUT2D eigenvalue weighted by molar-refractivity contribution is 7.46. The van der Waals surface area contributed by atoms with Crippen molar-refractivity contribution in [3.63, 3.8) is 0 Å². The minimum Gasteiger partial charge on any atom is -0.462 e. The van der Waals surface area contributed by atoms with Gasteiger partial charge < -0.3 is 29.5 Å². The Morgan fingerprint density at radius 3 is 2.14 bits per heavy atom. The lowest BCUT2D eigenvalue weighted by atomic mass is 10.0. The molecule has 4 N–H and O–H groups in total. The van der Waals surface area contributed by atoms with E-state index < -0.39 is 51.3 Å². The molecule has 0 radical (unpaired) electrons. The highest BCUT2D eigenvalue weighted by atomic mass is 31.2. The number of carbonyl (C=O) groups excluding carboxylic acids is 2. The molecule has 0 aliphatic rings. The molecule has 0 bridgehead atoms. The second-order valence-electron chi connectivity index (χ2n) is 8.34. The van der Waals surface area contributed by atoms with Crippen molar-refractivity contribution in [1.82, 2.24) is 0 Å². The number of unbranched alkanes of at least 4 members (excludes halogenated alkanes) is 3. The fourth-order valence-corrected chi connectivity index (χ4v) is 3.32. The van der Waals surface area contributed by atoms with Gasteiger partial charge in [0.25, 0.3) is 0 Å². The van der Waals surface area contributed by atoms with E-state index in [9.17, 15) is 24.4 Å². The molecule has 0 rings (SSSR count). The van der Waals surface area contributed by atoms with E-state index >= 15 is 0 Å². The van der Waals surface area contributed by atoms with Crippen molar-refractivity contribution in [2.24, 2.45) is 0 Å². The molecular weight excluding hydrogens is 491 g/mol. The Labute approximate surface area is 214 Å². The minimum atomic E-state index is -4.79. The molecule has 0 saturated carbocycles. The largest absolute Gasteiger partial charge is 0.469 e. The fraction of sp³-hybridized carbons (Fsp3) is 0.680. The van der Waals surface area contributed by atoms with Crippen molar-refractivity contribution < 1.29 is 48.2 Å². The number of carbonyl (C=O) groups is 2. The molecule has 0 spiro atoms. The average molecular weight is 535 g/mol. The Balaban J connectivity index is 4.15. The second kappa shape index (κ2) is 21.3. The average Bonchev–Trinajstić information content (AvgIpc) is 2.80. The number of rotatable bonds is 21. The first-order chi connectivity index (χ1) is 17.0. The van der Waals surface area contributed by atoms with Gasteiger partial charge >= 0.3 is 19.8 Å². The molecule has 0 amide bonds. The third-order valence-electron chi connectivity index (χ3n) is 4.92. The summed E-state index contributed by atoms with van der Waals surface area (Å²) in [5, 5.41) is 20.2. The van der Waals surface area contributed by atoms with Gasteiger partial charge in [0.15, 0.2) is 6.10 Å². The summed E-state index contributed by atoms with van der Waals surface area (Å²) < 4.78 is 24.9. The topological polar surface area (TPSA) is 160 Å². The Morgan fingerprint density at radius 1 is 0.889 bits per heavy atom. The number of allylic oxidation sites excluding steroid dienone is 5. The van der Waals surface area contributed by atoms with Crippen molar-refractivity contribution in [3.05, 3.63) is 36.5 Å². The van der Waals surface area contributed by atoms with E-state index in [1.807, 2.05) is 12.2 Å².